The summed E-state index contributed by atoms with van der Waals surface area (Å²) in [5.74, 6) is 0.0522. The number of benzene rings is 2. The number of hydrogen-bond acceptors (Lipinski definition) is 6. The second-order valence-electron chi connectivity index (χ2n) is 4.91. The molecule has 0 bridgehead atoms. The Morgan fingerprint density at radius 1 is 1.08 bits per heavy atom. The number of halogens is 1. The van der Waals surface area contributed by atoms with Gasteiger partial charge < -0.3 is 9.52 Å². The molecule has 24 heavy (non-hydrogen) atoms. The molecule has 0 spiro atoms. The summed E-state index contributed by atoms with van der Waals surface area (Å²) in [7, 11) is 0. The van der Waals surface area contributed by atoms with E-state index in [2.05, 4.69) is 30.9 Å². The summed E-state index contributed by atoms with van der Waals surface area (Å²) in [6.45, 7) is 0. The lowest BCUT2D eigenvalue weighted by Gasteiger charge is -1.96. The first-order valence-corrected chi connectivity index (χ1v) is 8.66. The van der Waals surface area contributed by atoms with Crippen LogP contribution in [0, 0.1) is 0 Å². The first-order valence-electron chi connectivity index (χ1n) is 7.05. The van der Waals surface area contributed by atoms with Gasteiger partial charge in [0.2, 0.25) is 11.0 Å². The molecule has 2 aromatic heterocycles. The van der Waals surface area contributed by atoms with Crippen LogP contribution in [0.1, 0.15) is 5.69 Å². The highest BCUT2D eigenvalue weighted by Crippen LogP contribution is 2.32. The van der Waals surface area contributed by atoms with Gasteiger partial charge in [0.05, 0.1) is 22.0 Å². The standard InChI is InChI=1S/C17H10BrN3O2S/c18-11-6-2-1-5-10(11)15-20-13(16(22)23-15)9-19-17-21-12-7-3-4-8-14(12)24-17/h1-9,22H. The largest absolute Gasteiger partial charge is 0.479 e. The van der Waals surface area contributed by atoms with Crippen LogP contribution in [-0.2, 0) is 0 Å². The number of aliphatic imine (C=N–C) groups is 1. The highest BCUT2D eigenvalue weighted by atomic mass is 79.9. The number of rotatable bonds is 3. The number of hydrogen-bond donors (Lipinski definition) is 1. The van der Waals surface area contributed by atoms with Crippen LogP contribution in [0.2, 0.25) is 0 Å². The van der Waals surface area contributed by atoms with E-state index in [4.69, 9.17) is 4.42 Å². The highest BCUT2D eigenvalue weighted by molar-refractivity contribution is 9.10. The Morgan fingerprint density at radius 2 is 1.88 bits per heavy atom. The molecule has 2 aromatic carbocycles. The molecule has 1 N–H and O–H groups in total. The maximum Gasteiger partial charge on any atom is 0.312 e. The van der Waals surface area contributed by atoms with E-state index in [1.807, 2.05) is 48.5 Å². The molecule has 7 heteroatoms. The number of oxazole rings is 1. The summed E-state index contributed by atoms with van der Waals surface area (Å²) >= 11 is 4.91. The van der Waals surface area contributed by atoms with E-state index < -0.39 is 0 Å². The van der Waals surface area contributed by atoms with Gasteiger partial charge in [-0.2, -0.15) is 0 Å². The minimum Gasteiger partial charge on any atom is -0.479 e. The van der Waals surface area contributed by atoms with E-state index in [-0.39, 0.29) is 11.6 Å². The van der Waals surface area contributed by atoms with Crippen molar-refractivity contribution < 1.29 is 9.52 Å². The number of nitrogens with zero attached hydrogens (tertiary/aromatic N) is 3. The molecular formula is C17H10BrN3O2S. The average molecular weight is 400 g/mol. The van der Waals surface area contributed by atoms with Gasteiger partial charge in [-0.05, 0) is 40.2 Å². The van der Waals surface area contributed by atoms with Crippen LogP contribution in [0.25, 0.3) is 21.7 Å². The summed E-state index contributed by atoms with van der Waals surface area (Å²) in [4.78, 5) is 13.0. The number of aromatic hydroxyl groups is 1. The monoisotopic (exact) mass is 399 g/mol. The molecule has 0 fully saturated rings. The topological polar surface area (TPSA) is 71.5 Å². The van der Waals surface area contributed by atoms with Gasteiger partial charge in [0.25, 0.3) is 0 Å². The first-order chi connectivity index (χ1) is 11.7. The van der Waals surface area contributed by atoms with Gasteiger partial charge in [-0.25, -0.2) is 15.0 Å². The highest BCUT2D eigenvalue weighted by Gasteiger charge is 2.14. The Balaban J connectivity index is 1.66. The van der Waals surface area contributed by atoms with E-state index in [0.717, 1.165) is 20.3 Å². The smallest absolute Gasteiger partial charge is 0.312 e. The van der Waals surface area contributed by atoms with Crippen LogP contribution in [0.15, 0.2) is 62.4 Å². The lowest BCUT2D eigenvalue weighted by Crippen LogP contribution is -1.83. The number of fused-ring (bicyclic) bond motifs is 1. The van der Waals surface area contributed by atoms with Crippen LogP contribution in [0.4, 0.5) is 5.13 Å². The Hall–Kier alpha value is -2.51. The fourth-order valence-corrected chi connectivity index (χ4v) is 3.45. The van der Waals surface area contributed by atoms with Crippen molar-refractivity contribution in [3.63, 3.8) is 0 Å². The zero-order chi connectivity index (χ0) is 16.5. The summed E-state index contributed by atoms with van der Waals surface area (Å²) in [6.07, 6.45) is 1.46. The summed E-state index contributed by atoms with van der Waals surface area (Å²) in [6, 6.07) is 15.3. The van der Waals surface area contributed by atoms with Crippen molar-refractivity contribution in [2.45, 2.75) is 0 Å². The predicted octanol–water partition coefficient (Wildman–Crippen LogP) is 5.17. The third-order valence-corrected chi connectivity index (χ3v) is 4.95. The lowest BCUT2D eigenvalue weighted by atomic mass is 10.2. The maximum absolute atomic E-state index is 9.95. The molecule has 0 amide bonds. The third kappa shape index (κ3) is 2.83. The van der Waals surface area contributed by atoms with Crippen LogP contribution in [-0.4, -0.2) is 21.3 Å². The maximum atomic E-state index is 9.95. The Bertz CT molecular complexity index is 1020. The predicted molar refractivity (Wildman–Crippen MR) is 98.2 cm³/mol. The second kappa shape index (κ2) is 6.18. The molecule has 0 aliphatic heterocycles. The minimum absolute atomic E-state index is 0.264. The normalized spacial score (nSPS) is 11.5. The van der Waals surface area contributed by atoms with Gasteiger partial charge in [-0.1, -0.05) is 35.6 Å². The number of aromatic nitrogens is 2. The van der Waals surface area contributed by atoms with Crippen molar-refractivity contribution in [3.8, 4) is 17.4 Å². The zero-order valence-electron chi connectivity index (χ0n) is 12.2. The van der Waals surface area contributed by atoms with E-state index >= 15 is 0 Å². The SMILES string of the molecule is Oc1oc(-c2ccccc2Br)nc1C=Nc1nc2ccccc2s1. The van der Waals surface area contributed by atoms with Crippen LogP contribution < -0.4 is 0 Å². The molecule has 4 aromatic rings. The molecule has 0 atom stereocenters. The first kappa shape index (κ1) is 15.0. The molecule has 0 saturated carbocycles. The molecule has 0 aliphatic rings. The van der Waals surface area contributed by atoms with Crippen LogP contribution in [0.3, 0.4) is 0 Å². The van der Waals surface area contributed by atoms with Crippen molar-refractivity contribution in [2.24, 2.45) is 4.99 Å². The number of para-hydroxylation sites is 1. The molecule has 0 aliphatic carbocycles. The number of thiazole rings is 1. The summed E-state index contributed by atoms with van der Waals surface area (Å²) in [5, 5.41) is 10.5. The molecule has 0 saturated heterocycles. The molecule has 0 radical (unpaired) electrons. The van der Waals surface area contributed by atoms with Crippen molar-refractivity contribution in [3.05, 3.63) is 58.7 Å². The quantitative estimate of drug-likeness (QED) is 0.482. The molecule has 0 unspecified atom stereocenters. The molecule has 2 heterocycles. The average Bonchev–Trinajstić information content (AvgIpc) is 3.16. The molecule has 118 valence electrons. The Labute approximate surface area is 149 Å². The van der Waals surface area contributed by atoms with Gasteiger partial charge >= 0.3 is 5.95 Å². The molecule has 4 rings (SSSR count). The van der Waals surface area contributed by atoms with Gasteiger partial charge in [-0.3, -0.25) is 0 Å². The zero-order valence-corrected chi connectivity index (χ0v) is 14.6. The van der Waals surface area contributed by atoms with Crippen molar-refractivity contribution in [1.29, 1.82) is 0 Å². The fraction of sp³-hybridized carbons (Fsp3) is 0. The Morgan fingerprint density at radius 3 is 2.71 bits per heavy atom. The third-order valence-electron chi connectivity index (χ3n) is 3.32. The van der Waals surface area contributed by atoms with E-state index in [0.29, 0.717) is 11.0 Å². The summed E-state index contributed by atoms with van der Waals surface area (Å²) in [5.41, 5.74) is 1.92. The van der Waals surface area contributed by atoms with Crippen molar-refractivity contribution in [1.82, 2.24) is 9.97 Å². The van der Waals surface area contributed by atoms with Gasteiger partial charge in [0.15, 0.2) is 5.69 Å². The molecular weight excluding hydrogens is 390 g/mol. The Kier molecular flexibility index (Phi) is 3.87. The van der Waals surface area contributed by atoms with Crippen molar-refractivity contribution in [2.75, 3.05) is 0 Å². The second-order valence-corrected chi connectivity index (χ2v) is 6.78. The van der Waals surface area contributed by atoms with E-state index in [1.54, 1.807) is 0 Å². The molecule has 5 nitrogen and oxygen atoms in total. The van der Waals surface area contributed by atoms with Crippen molar-refractivity contribution >= 4 is 48.8 Å². The van der Waals surface area contributed by atoms with Crippen LogP contribution in [0.5, 0.6) is 5.95 Å². The van der Waals surface area contributed by atoms with E-state index in [1.165, 1.54) is 17.6 Å². The van der Waals surface area contributed by atoms with Gasteiger partial charge in [-0.15, -0.1) is 0 Å². The fourth-order valence-electron chi connectivity index (χ4n) is 2.19. The van der Waals surface area contributed by atoms with Gasteiger partial charge in [0, 0.05) is 4.47 Å². The van der Waals surface area contributed by atoms with E-state index in [9.17, 15) is 5.11 Å². The minimum atomic E-state index is -0.273. The van der Waals surface area contributed by atoms with Crippen LogP contribution >= 0.6 is 27.3 Å². The van der Waals surface area contributed by atoms with Gasteiger partial charge in [0.1, 0.15) is 0 Å². The summed E-state index contributed by atoms with van der Waals surface area (Å²) < 4.78 is 7.23. The lowest BCUT2D eigenvalue weighted by molar-refractivity contribution is 0.337.